The van der Waals surface area contributed by atoms with E-state index in [1.165, 1.54) is 0 Å². The van der Waals surface area contributed by atoms with Gasteiger partial charge in [-0.15, -0.1) is 0 Å². The number of ketones is 1. The van der Waals surface area contributed by atoms with Gasteiger partial charge in [0.2, 0.25) is 0 Å². The zero-order valence-corrected chi connectivity index (χ0v) is 13.1. The molecule has 1 fully saturated rings. The molecule has 2 atom stereocenters. The van der Waals surface area contributed by atoms with Gasteiger partial charge in [-0.3, -0.25) is 9.59 Å². The van der Waals surface area contributed by atoms with Crippen molar-refractivity contribution in [1.82, 2.24) is 9.88 Å². The van der Waals surface area contributed by atoms with E-state index in [-0.39, 0.29) is 12.2 Å². The number of H-pyrrole nitrogens is 1. The van der Waals surface area contributed by atoms with E-state index in [1.807, 2.05) is 45.0 Å². The highest BCUT2D eigenvalue weighted by molar-refractivity contribution is 6.45. The van der Waals surface area contributed by atoms with Gasteiger partial charge < -0.3 is 14.6 Å². The molecule has 116 valence electrons. The summed E-state index contributed by atoms with van der Waals surface area (Å²) in [5.74, 6) is -0.897. The Labute approximate surface area is 129 Å². The highest BCUT2D eigenvalue weighted by Gasteiger charge is 2.32. The van der Waals surface area contributed by atoms with Gasteiger partial charge in [0.1, 0.15) is 0 Å². The number of hydrogen-bond acceptors (Lipinski definition) is 3. The fourth-order valence-corrected chi connectivity index (χ4v) is 3.16. The van der Waals surface area contributed by atoms with E-state index in [0.717, 1.165) is 16.6 Å². The molecule has 1 aromatic carbocycles. The normalized spacial score (nSPS) is 22.0. The molecule has 1 aliphatic heterocycles. The van der Waals surface area contributed by atoms with Crippen molar-refractivity contribution in [3.05, 3.63) is 35.5 Å². The number of aromatic nitrogens is 1. The van der Waals surface area contributed by atoms with Crippen LogP contribution >= 0.6 is 0 Å². The predicted molar refractivity (Wildman–Crippen MR) is 84.0 cm³/mol. The van der Waals surface area contributed by atoms with Gasteiger partial charge in [0.15, 0.2) is 0 Å². The number of rotatable bonds is 2. The largest absolute Gasteiger partial charge is 0.372 e. The minimum absolute atomic E-state index is 0.0513. The summed E-state index contributed by atoms with van der Waals surface area (Å²) in [6.45, 7) is 6.56. The van der Waals surface area contributed by atoms with Crippen molar-refractivity contribution in [2.75, 3.05) is 13.1 Å². The Balaban J connectivity index is 1.92. The first-order valence-electron chi connectivity index (χ1n) is 7.53. The minimum atomic E-state index is -0.449. The molecule has 0 spiro atoms. The number of Topliss-reactive ketones (excluding diaryl/α,β-unsaturated/α-hetero) is 1. The fourth-order valence-electron chi connectivity index (χ4n) is 3.16. The van der Waals surface area contributed by atoms with Gasteiger partial charge in [-0.1, -0.05) is 18.2 Å². The van der Waals surface area contributed by atoms with Crippen molar-refractivity contribution in [1.29, 1.82) is 0 Å². The van der Waals surface area contributed by atoms with Crippen LogP contribution in [-0.2, 0) is 9.53 Å². The second-order valence-electron chi connectivity index (χ2n) is 5.97. The van der Waals surface area contributed by atoms with E-state index in [1.54, 1.807) is 4.90 Å². The average Bonchev–Trinajstić information content (AvgIpc) is 2.80. The molecule has 0 radical (unpaired) electrons. The first-order valence-corrected chi connectivity index (χ1v) is 7.53. The summed E-state index contributed by atoms with van der Waals surface area (Å²) in [5, 5.41) is 0.799. The summed E-state index contributed by atoms with van der Waals surface area (Å²) in [5.41, 5.74) is 2.08. The van der Waals surface area contributed by atoms with Crippen LogP contribution < -0.4 is 0 Å². The molecular weight excluding hydrogens is 280 g/mol. The van der Waals surface area contributed by atoms with Crippen molar-refractivity contribution in [3.8, 4) is 0 Å². The Morgan fingerprint density at radius 1 is 1.18 bits per heavy atom. The smallest absolute Gasteiger partial charge is 0.295 e. The van der Waals surface area contributed by atoms with Gasteiger partial charge in [-0.05, 0) is 26.8 Å². The zero-order valence-electron chi connectivity index (χ0n) is 13.1. The highest BCUT2D eigenvalue weighted by Crippen LogP contribution is 2.23. The number of aromatic amines is 1. The number of nitrogens with one attached hydrogen (secondary N) is 1. The van der Waals surface area contributed by atoms with Crippen molar-refractivity contribution in [2.24, 2.45) is 0 Å². The third-order valence-corrected chi connectivity index (χ3v) is 4.02. The topological polar surface area (TPSA) is 62.4 Å². The fraction of sp³-hybridized carbons (Fsp3) is 0.412. The summed E-state index contributed by atoms with van der Waals surface area (Å²) in [6, 6.07) is 7.54. The van der Waals surface area contributed by atoms with Gasteiger partial charge in [0.25, 0.3) is 11.7 Å². The van der Waals surface area contributed by atoms with Crippen LogP contribution in [0.5, 0.6) is 0 Å². The van der Waals surface area contributed by atoms with E-state index in [2.05, 4.69) is 4.98 Å². The molecule has 5 nitrogen and oxygen atoms in total. The van der Waals surface area contributed by atoms with E-state index in [0.29, 0.717) is 18.7 Å². The second kappa shape index (κ2) is 5.57. The van der Waals surface area contributed by atoms with Gasteiger partial charge in [-0.2, -0.15) is 0 Å². The molecule has 1 amide bonds. The van der Waals surface area contributed by atoms with Crippen LogP contribution in [0.3, 0.4) is 0 Å². The van der Waals surface area contributed by atoms with Gasteiger partial charge >= 0.3 is 0 Å². The quantitative estimate of drug-likeness (QED) is 0.684. The van der Waals surface area contributed by atoms with Gasteiger partial charge in [0.05, 0.1) is 17.8 Å². The predicted octanol–water partition coefficient (Wildman–Crippen LogP) is 2.29. The molecule has 5 heteroatoms. The minimum Gasteiger partial charge on any atom is -0.372 e. The van der Waals surface area contributed by atoms with Crippen LogP contribution in [0.25, 0.3) is 10.9 Å². The molecule has 22 heavy (non-hydrogen) atoms. The zero-order chi connectivity index (χ0) is 15.9. The van der Waals surface area contributed by atoms with Crippen molar-refractivity contribution < 1.29 is 14.3 Å². The maximum Gasteiger partial charge on any atom is 0.295 e. The lowest BCUT2D eigenvalue weighted by atomic mass is 10.0. The van der Waals surface area contributed by atoms with Gasteiger partial charge in [0, 0.05) is 29.7 Å². The van der Waals surface area contributed by atoms with E-state index in [9.17, 15) is 9.59 Å². The van der Waals surface area contributed by atoms with Crippen LogP contribution in [0.1, 0.15) is 29.9 Å². The molecule has 0 saturated carbocycles. The lowest BCUT2D eigenvalue weighted by Gasteiger charge is -2.34. The molecule has 1 aromatic heterocycles. The molecule has 1 N–H and O–H groups in total. The Bertz CT molecular complexity index is 725. The van der Waals surface area contributed by atoms with Crippen LogP contribution in [-0.4, -0.2) is 46.9 Å². The molecule has 0 unspecified atom stereocenters. The standard InChI is InChI=1S/C17H20N2O3/c1-10-8-19(9-11(2)22-10)17(21)16(20)15-12(3)18-14-7-5-4-6-13(14)15/h4-7,10-11,18H,8-9H2,1-3H3/t10-,11-/m0/s1. The second-order valence-corrected chi connectivity index (χ2v) is 5.97. The molecule has 3 rings (SSSR count). The monoisotopic (exact) mass is 300 g/mol. The number of amides is 1. The molecule has 0 bridgehead atoms. The third-order valence-electron chi connectivity index (χ3n) is 4.02. The number of fused-ring (bicyclic) bond motifs is 1. The molecule has 2 aromatic rings. The number of ether oxygens (including phenoxy) is 1. The van der Waals surface area contributed by atoms with Gasteiger partial charge in [-0.25, -0.2) is 0 Å². The van der Waals surface area contributed by atoms with Crippen molar-refractivity contribution in [2.45, 2.75) is 33.0 Å². The Morgan fingerprint density at radius 3 is 2.50 bits per heavy atom. The number of aryl methyl sites for hydroxylation is 1. The number of morpholine rings is 1. The molecular formula is C17H20N2O3. The number of benzene rings is 1. The summed E-state index contributed by atoms with van der Waals surface area (Å²) < 4.78 is 5.62. The van der Waals surface area contributed by atoms with Crippen LogP contribution in [0.2, 0.25) is 0 Å². The Morgan fingerprint density at radius 2 is 1.82 bits per heavy atom. The molecule has 1 aliphatic rings. The Hall–Kier alpha value is -2.14. The maximum absolute atomic E-state index is 12.7. The number of nitrogens with zero attached hydrogens (tertiary/aromatic N) is 1. The average molecular weight is 300 g/mol. The molecule has 2 heterocycles. The van der Waals surface area contributed by atoms with Crippen molar-refractivity contribution >= 4 is 22.6 Å². The number of hydrogen-bond donors (Lipinski definition) is 1. The number of carbonyl (C=O) groups excluding carboxylic acids is 2. The lowest BCUT2D eigenvalue weighted by Crippen LogP contribution is -2.50. The summed E-state index contributed by atoms with van der Waals surface area (Å²) in [6.07, 6.45) is -0.103. The van der Waals surface area contributed by atoms with E-state index >= 15 is 0 Å². The van der Waals surface area contributed by atoms with Crippen LogP contribution in [0, 0.1) is 6.92 Å². The Kier molecular flexibility index (Phi) is 3.74. The SMILES string of the molecule is Cc1[nH]c2ccccc2c1C(=O)C(=O)N1C[C@H](C)O[C@@H](C)C1. The lowest BCUT2D eigenvalue weighted by molar-refractivity contribution is -0.138. The molecule has 0 aliphatic carbocycles. The molecule has 1 saturated heterocycles. The first kappa shape index (κ1) is 14.8. The number of carbonyl (C=O) groups is 2. The highest BCUT2D eigenvalue weighted by atomic mass is 16.5. The van der Waals surface area contributed by atoms with Crippen molar-refractivity contribution in [3.63, 3.8) is 0 Å². The summed E-state index contributed by atoms with van der Waals surface area (Å²) in [7, 11) is 0. The number of para-hydroxylation sites is 1. The van der Waals surface area contributed by atoms with E-state index < -0.39 is 11.7 Å². The van der Waals surface area contributed by atoms with E-state index in [4.69, 9.17) is 4.74 Å². The first-order chi connectivity index (χ1) is 10.5. The summed E-state index contributed by atoms with van der Waals surface area (Å²) in [4.78, 5) is 30.1. The van der Waals surface area contributed by atoms with Crippen LogP contribution in [0.15, 0.2) is 24.3 Å². The third kappa shape index (κ3) is 2.52. The maximum atomic E-state index is 12.7. The summed E-state index contributed by atoms with van der Waals surface area (Å²) >= 11 is 0. The van der Waals surface area contributed by atoms with Crippen LogP contribution in [0.4, 0.5) is 0 Å².